The van der Waals surface area contributed by atoms with Crippen LogP contribution in [0.25, 0.3) is 11.3 Å². The van der Waals surface area contributed by atoms with Crippen molar-refractivity contribution >= 4 is 28.1 Å². The maximum absolute atomic E-state index is 12.2. The van der Waals surface area contributed by atoms with Crippen molar-refractivity contribution in [3.8, 4) is 35.4 Å². The molecule has 0 fully saturated rings. The molecule has 0 aliphatic rings. The lowest BCUT2D eigenvalue weighted by Crippen LogP contribution is -2.16. The predicted octanol–water partition coefficient (Wildman–Crippen LogP) is 3.53. The number of nitrogens with zero attached hydrogens (tertiary/aromatic N) is 3. The fraction of sp³-hybridized carbons (Fsp3) is 0.0476. The first-order valence-corrected chi connectivity index (χ1v) is 9.16. The summed E-state index contributed by atoms with van der Waals surface area (Å²) in [6.45, 7) is 0.176. The van der Waals surface area contributed by atoms with Crippen LogP contribution in [0.15, 0.2) is 62.9 Å². The number of hydrogen-bond donors (Lipinski definition) is 2. The lowest BCUT2D eigenvalue weighted by molar-refractivity contribution is 0.368. The zero-order chi connectivity index (χ0) is 20.6. The Morgan fingerprint density at radius 2 is 2.10 bits per heavy atom. The van der Waals surface area contributed by atoms with Crippen LogP contribution in [0.3, 0.4) is 0 Å². The fourth-order valence-corrected chi connectivity index (χ4v) is 2.95. The summed E-state index contributed by atoms with van der Waals surface area (Å²) in [7, 11) is 0. The highest BCUT2D eigenvalue weighted by Gasteiger charge is 2.12. The summed E-state index contributed by atoms with van der Waals surface area (Å²) in [5, 5.41) is 13.4. The van der Waals surface area contributed by atoms with Crippen LogP contribution in [0, 0.1) is 23.7 Å². The molecular formula is C21H14BrN5O2. The van der Waals surface area contributed by atoms with E-state index in [1.165, 1.54) is 0 Å². The Morgan fingerprint density at radius 1 is 1.31 bits per heavy atom. The summed E-state index contributed by atoms with van der Waals surface area (Å²) < 4.78 is 6.12. The second-order valence-corrected chi connectivity index (χ2v) is 6.52. The van der Waals surface area contributed by atoms with Crippen molar-refractivity contribution in [1.82, 2.24) is 9.97 Å². The van der Waals surface area contributed by atoms with Crippen molar-refractivity contribution in [3.63, 3.8) is 0 Å². The standard InChI is InChI=1S/C21H14BrN5O2/c1-2-10-29-18-9-8-14(11-17(18)22)13-24-27-21-25-19(15-6-4-3-5-7-15)16(12-23)20(28)26-21/h1,3-9,11,13H,10H2,(H2,25,26,27,28). The Hall–Kier alpha value is -3.88. The van der Waals surface area contributed by atoms with Crippen LogP contribution in [0.2, 0.25) is 0 Å². The molecule has 0 amide bonds. The Morgan fingerprint density at radius 3 is 2.79 bits per heavy atom. The van der Waals surface area contributed by atoms with Gasteiger partial charge in [-0.05, 0) is 39.7 Å². The van der Waals surface area contributed by atoms with E-state index in [2.05, 4.69) is 42.3 Å². The number of anilines is 1. The van der Waals surface area contributed by atoms with Crippen LogP contribution in [0.1, 0.15) is 11.1 Å². The smallest absolute Gasteiger partial charge is 0.270 e. The van der Waals surface area contributed by atoms with Crippen molar-refractivity contribution in [1.29, 1.82) is 5.26 Å². The third kappa shape index (κ3) is 4.89. The average Bonchev–Trinajstić information content (AvgIpc) is 2.73. The molecule has 2 N–H and O–H groups in total. The molecule has 0 atom stereocenters. The van der Waals surface area contributed by atoms with Crippen molar-refractivity contribution in [3.05, 3.63) is 74.5 Å². The Labute approximate surface area is 175 Å². The van der Waals surface area contributed by atoms with Crippen LogP contribution in [-0.2, 0) is 0 Å². The molecule has 0 unspecified atom stereocenters. The molecule has 0 saturated carbocycles. The van der Waals surface area contributed by atoms with Crippen molar-refractivity contribution in [2.45, 2.75) is 0 Å². The molecule has 0 bridgehead atoms. The maximum atomic E-state index is 12.2. The number of hydrogen-bond acceptors (Lipinski definition) is 6. The lowest BCUT2D eigenvalue weighted by atomic mass is 10.1. The first-order chi connectivity index (χ1) is 14.1. The van der Waals surface area contributed by atoms with Gasteiger partial charge in [-0.25, -0.2) is 10.4 Å². The van der Waals surface area contributed by atoms with E-state index in [0.717, 1.165) is 10.0 Å². The van der Waals surface area contributed by atoms with E-state index in [4.69, 9.17) is 11.2 Å². The number of rotatable bonds is 6. The van der Waals surface area contributed by atoms with Gasteiger partial charge in [-0.2, -0.15) is 10.4 Å². The second kappa shape index (κ2) is 9.36. The number of aromatic amines is 1. The molecule has 7 nitrogen and oxygen atoms in total. The van der Waals surface area contributed by atoms with Gasteiger partial charge in [0.25, 0.3) is 5.56 Å². The Bertz CT molecular complexity index is 1190. The van der Waals surface area contributed by atoms with E-state index in [9.17, 15) is 10.1 Å². The first kappa shape index (κ1) is 19.9. The average molecular weight is 448 g/mol. The highest BCUT2D eigenvalue weighted by Crippen LogP contribution is 2.25. The number of nitriles is 1. The number of terminal acetylenes is 1. The van der Waals surface area contributed by atoms with E-state index in [-0.39, 0.29) is 23.8 Å². The molecule has 8 heteroatoms. The molecule has 0 saturated heterocycles. The van der Waals surface area contributed by atoms with Gasteiger partial charge in [0.15, 0.2) is 0 Å². The Kier molecular flexibility index (Phi) is 6.41. The number of H-pyrrole nitrogens is 1. The summed E-state index contributed by atoms with van der Waals surface area (Å²) in [6, 6.07) is 16.3. The quantitative estimate of drug-likeness (QED) is 0.341. The zero-order valence-corrected chi connectivity index (χ0v) is 16.6. The van der Waals surface area contributed by atoms with Gasteiger partial charge >= 0.3 is 0 Å². The monoisotopic (exact) mass is 447 g/mol. The van der Waals surface area contributed by atoms with Crippen molar-refractivity contribution in [2.24, 2.45) is 5.10 Å². The minimum Gasteiger partial charge on any atom is -0.480 e. The molecule has 3 aromatic rings. The number of nitrogens with one attached hydrogen (secondary N) is 2. The number of benzene rings is 2. The molecule has 0 spiro atoms. The summed E-state index contributed by atoms with van der Waals surface area (Å²) in [5.41, 5.74) is 3.80. The first-order valence-electron chi connectivity index (χ1n) is 8.37. The van der Waals surface area contributed by atoms with Gasteiger partial charge in [-0.1, -0.05) is 36.3 Å². The number of ether oxygens (including phenoxy) is 1. The van der Waals surface area contributed by atoms with Gasteiger partial charge < -0.3 is 4.74 Å². The molecule has 3 rings (SSSR count). The van der Waals surface area contributed by atoms with Crippen LogP contribution < -0.4 is 15.7 Å². The van der Waals surface area contributed by atoms with Crippen LogP contribution in [-0.4, -0.2) is 22.8 Å². The topological polar surface area (TPSA) is 103 Å². The fourth-order valence-electron chi connectivity index (χ4n) is 2.44. The molecule has 142 valence electrons. The number of aromatic nitrogens is 2. The van der Waals surface area contributed by atoms with Crippen molar-refractivity contribution in [2.75, 3.05) is 12.0 Å². The summed E-state index contributed by atoms with van der Waals surface area (Å²) in [4.78, 5) is 19.0. The highest BCUT2D eigenvalue weighted by atomic mass is 79.9. The second-order valence-electron chi connectivity index (χ2n) is 5.67. The summed E-state index contributed by atoms with van der Waals surface area (Å²) in [6.07, 6.45) is 6.74. The molecule has 0 radical (unpaired) electrons. The van der Waals surface area contributed by atoms with Gasteiger partial charge in [0, 0.05) is 5.56 Å². The van der Waals surface area contributed by atoms with E-state index >= 15 is 0 Å². The number of hydrazone groups is 1. The van der Waals surface area contributed by atoms with Gasteiger partial charge in [-0.15, -0.1) is 6.42 Å². The third-order valence-corrected chi connectivity index (χ3v) is 4.35. The third-order valence-electron chi connectivity index (χ3n) is 3.73. The molecular weight excluding hydrogens is 434 g/mol. The predicted molar refractivity (Wildman–Crippen MR) is 115 cm³/mol. The normalized spacial score (nSPS) is 10.3. The Balaban J connectivity index is 1.82. The molecule has 1 aromatic heterocycles. The lowest BCUT2D eigenvalue weighted by Gasteiger charge is -2.06. The minimum absolute atomic E-state index is 0.0581. The SMILES string of the molecule is C#CCOc1ccc(C=NNc2nc(-c3ccccc3)c(C#N)c(=O)[nH]2)cc1Br. The van der Waals surface area contributed by atoms with Gasteiger partial charge in [0.2, 0.25) is 5.95 Å². The van der Waals surface area contributed by atoms with Crippen molar-refractivity contribution < 1.29 is 4.74 Å². The van der Waals surface area contributed by atoms with Crippen LogP contribution in [0.5, 0.6) is 5.75 Å². The molecule has 2 aromatic carbocycles. The largest absolute Gasteiger partial charge is 0.480 e. The van der Waals surface area contributed by atoms with Crippen LogP contribution in [0.4, 0.5) is 5.95 Å². The highest BCUT2D eigenvalue weighted by molar-refractivity contribution is 9.10. The minimum atomic E-state index is -0.545. The van der Waals surface area contributed by atoms with Crippen LogP contribution >= 0.6 is 15.9 Å². The molecule has 0 aliphatic heterocycles. The zero-order valence-electron chi connectivity index (χ0n) is 15.0. The summed E-state index contributed by atoms with van der Waals surface area (Å²) in [5.74, 6) is 3.15. The summed E-state index contributed by atoms with van der Waals surface area (Å²) >= 11 is 3.41. The molecule has 1 heterocycles. The van der Waals surface area contributed by atoms with Gasteiger partial charge in [0.1, 0.15) is 24.0 Å². The van der Waals surface area contributed by atoms with E-state index in [0.29, 0.717) is 11.3 Å². The van der Waals surface area contributed by atoms with E-state index in [1.807, 2.05) is 12.1 Å². The molecule has 0 aliphatic carbocycles. The van der Waals surface area contributed by atoms with Gasteiger partial charge in [-0.3, -0.25) is 9.78 Å². The van der Waals surface area contributed by atoms with Gasteiger partial charge in [0.05, 0.1) is 16.4 Å². The van der Waals surface area contributed by atoms with E-state index in [1.54, 1.807) is 48.7 Å². The van der Waals surface area contributed by atoms with E-state index < -0.39 is 5.56 Å². The number of halogens is 1. The maximum Gasteiger partial charge on any atom is 0.270 e. The molecule has 29 heavy (non-hydrogen) atoms.